The summed E-state index contributed by atoms with van der Waals surface area (Å²) in [5, 5.41) is 17.9. The lowest BCUT2D eigenvalue weighted by atomic mass is 10.0. The number of nitrogens with zero attached hydrogens (tertiary/aromatic N) is 2. The van der Waals surface area contributed by atoms with Crippen molar-refractivity contribution >= 4 is 17.8 Å². The molecule has 2 aromatic rings. The summed E-state index contributed by atoms with van der Waals surface area (Å²) in [5.74, 6) is -2.34. The van der Waals surface area contributed by atoms with Crippen molar-refractivity contribution in [3.8, 4) is 5.69 Å². The van der Waals surface area contributed by atoms with E-state index in [-0.39, 0.29) is 18.0 Å². The number of amides is 2. The van der Waals surface area contributed by atoms with Crippen LogP contribution in [0.2, 0.25) is 0 Å². The van der Waals surface area contributed by atoms with Crippen molar-refractivity contribution in [1.82, 2.24) is 20.4 Å². The fourth-order valence-corrected chi connectivity index (χ4v) is 2.48. The molecular weight excluding hydrogens is 364 g/mol. The molecule has 1 heterocycles. The predicted octanol–water partition coefficient (Wildman–Crippen LogP) is 0.578. The number of aromatic nitrogens is 2. The number of para-hydroxylation sites is 1. The molecule has 9 heteroatoms. The van der Waals surface area contributed by atoms with Gasteiger partial charge in [-0.2, -0.15) is 9.78 Å². The fraction of sp³-hybridized carbons (Fsp3) is 0.316. The first-order chi connectivity index (χ1) is 13.3. The zero-order valence-electron chi connectivity index (χ0n) is 15.6. The maximum atomic E-state index is 12.3. The monoisotopic (exact) mass is 386 g/mol. The zero-order chi connectivity index (χ0) is 20.7. The lowest BCUT2D eigenvalue weighted by Gasteiger charge is -2.16. The number of aliphatic carboxylic acids is 1. The Kier molecular flexibility index (Phi) is 7.02. The lowest BCUT2D eigenvalue weighted by Crippen LogP contribution is -2.46. The number of benzene rings is 1. The van der Waals surface area contributed by atoms with Gasteiger partial charge in [0.05, 0.1) is 12.2 Å². The van der Waals surface area contributed by atoms with E-state index in [1.807, 2.05) is 13.8 Å². The van der Waals surface area contributed by atoms with E-state index in [4.69, 9.17) is 5.11 Å². The Hall–Kier alpha value is -3.49. The third-order valence-electron chi connectivity index (χ3n) is 3.78. The maximum Gasteiger partial charge on any atom is 0.326 e. The summed E-state index contributed by atoms with van der Waals surface area (Å²) in [6.07, 6.45) is 0.276. The van der Waals surface area contributed by atoms with Crippen molar-refractivity contribution in [3.63, 3.8) is 0 Å². The van der Waals surface area contributed by atoms with Crippen LogP contribution in [0.1, 0.15) is 30.8 Å². The van der Waals surface area contributed by atoms with Crippen molar-refractivity contribution < 1.29 is 19.5 Å². The molecule has 1 aromatic carbocycles. The molecule has 9 nitrogen and oxygen atoms in total. The second-order valence-electron chi connectivity index (χ2n) is 6.57. The molecule has 148 valence electrons. The minimum atomic E-state index is -1.13. The Morgan fingerprint density at radius 2 is 1.79 bits per heavy atom. The van der Waals surface area contributed by atoms with Gasteiger partial charge in [-0.1, -0.05) is 32.0 Å². The summed E-state index contributed by atoms with van der Waals surface area (Å²) < 4.78 is 1.08. The Labute approximate surface area is 161 Å². The minimum absolute atomic E-state index is 0.0479. The largest absolute Gasteiger partial charge is 0.480 e. The molecule has 3 N–H and O–H groups in total. The summed E-state index contributed by atoms with van der Waals surface area (Å²) >= 11 is 0. The number of nitrogens with one attached hydrogen (secondary N) is 2. The highest BCUT2D eigenvalue weighted by Gasteiger charge is 2.21. The summed E-state index contributed by atoms with van der Waals surface area (Å²) in [6, 6.07) is 10.0. The minimum Gasteiger partial charge on any atom is -0.480 e. The van der Waals surface area contributed by atoms with Gasteiger partial charge in [0.15, 0.2) is 0 Å². The molecule has 1 atom stereocenters. The maximum absolute atomic E-state index is 12.3. The third kappa shape index (κ3) is 5.76. The summed E-state index contributed by atoms with van der Waals surface area (Å²) in [7, 11) is 0. The Morgan fingerprint density at radius 3 is 2.39 bits per heavy atom. The zero-order valence-corrected chi connectivity index (χ0v) is 15.6. The van der Waals surface area contributed by atoms with Gasteiger partial charge in [0, 0.05) is 6.07 Å². The van der Waals surface area contributed by atoms with E-state index in [2.05, 4.69) is 15.7 Å². The van der Waals surface area contributed by atoms with Gasteiger partial charge in [-0.3, -0.25) is 14.4 Å². The molecule has 1 aromatic heterocycles. The first-order valence-electron chi connectivity index (χ1n) is 8.74. The van der Waals surface area contributed by atoms with Gasteiger partial charge in [-0.05, 0) is 30.5 Å². The molecule has 0 aliphatic heterocycles. The molecule has 0 saturated heterocycles. The van der Waals surface area contributed by atoms with Crippen molar-refractivity contribution in [2.24, 2.45) is 5.92 Å². The summed E-state index contributed by atoms with van der Waals surface area (Å²) in [5.41, 5.74) is 0.0459. The Bertz CT molecular complexity index is 908. The van der Waals surface area contributed by atoms with E-state index < -0.39 is 35.9 Å². The van der Waals surface area contributed by atoms with Crippen LogP contribution in [0.3, 0.4) is 0 Å². The smallest absolute Gasteiger partial charge is 0.326 e. The van der Waals surface area contributed by atoms with E-state index in [1.165, 1.54) is 12.1 Å². The Balaban J connectivity index is 2.02. The normalized spacial score (nSPS) is 11.7. The third-order valence-corrected chi connectivity index (χ3v) is 3.78. The second-order valence-corrected chi connectivity index (χ2v) is 6.57. The van der Waals surface area contributed by atoms with Crippen molar-refractivity contribution in [2.75, 3.05) is 6.54 Å². The highest BCUT2D eigenvalue weighted by Crippen LogP contribution is 2.05. The van der Waals surface area contributed by atoms with Gasteiger partial charge in [-0.25, -0.2) is 4.79 Å². The van der Waals surface area contributed by atoms with Gasteiger partial charge in [0.25, 0.3) is 11.5 Å². The Morgan fingerprint density at radius 1 is 1.11 bits per heavy atom. The molecule has 0 radical (unpaired) electrons. The summed E-state index contributed by atoms with van der Waals surface area (Å²) in [4.78, 5) is 47.4. The van der Waals surface area contributed by atoms with Crippen LogP contribution in [-0.2, 0) is 9.59 Å². The van der Waals surface area contributed by atoms with Crippen molar-refractivity contribution in [2.45, 2.75) is 26.3 Å². The number of carboxylic acids is 1. The van der Waals surface area contributed by atoms with Gasteiger partial charge >= 0.3 is 5.97 Å². The van der Waals surface area contributed by atoms with E-state index in [0.29, 0.717) is 5.69 Å². The molecule has 2 amide bonds. The van der Waals surface area contributed by atoms with Gasteiger partial charge in [0.2, 0.25) is 5.91 Å². The van der Waals surface area contributed by atoms with Crippen LogP contribution in [0.4, 0.5) is 0 Å². The van der Waals surface area contributed by atoms with Gasteiger partial charge in [-0.15, -0.1) is 0 Å². The first-order valence-corrected chi connectivity index (χ1v) is 8.74. The quantitative estimate of drug-likeness (QED) is 0.608. The molecule has 0 spiro atoms. The van der Waals surface area contributed by atoms with E-state index in [1.54, 1.807) is 30.3 Å². The van der Waals surface area contributed by atoms with Crippen molar-refractivity contribution in [1.29, 1.82) is 0 Å². The molecule has 0 fully saturated rings. The number of carbonyl (C=O) groups is 3. The molecule has 0 aliphatic carbocycles. The lowest BCUT2D eigenvalue weighted by molar-refractivity contribution is -0.142. The molecule has 28 heavy (non-hydrogen) atoms. The number of hydrogen-bond donors (Lipinski definition) is 3. The summed E-state index contributed by atoms with van der Waals surface area (Å²) in [6.45, 7) is 3.28. The van der Waals surface area contributed by atoms with Gasteiger partial charge in [0.1, 0.15) is 11.7 Å². The molecule has 0 unspecified atom stereocenters. The van der Waals surface area contributed by atoms with Crippen LogP contribution in [0.5, 0.6) is 0 Å². The average molecular weight is 386 g/mol. The molecular formula is C19H22N4O5. The molecule has 0 aliphatic rings. The fourth-order valence-electron chi connectivity index (χ4n) is 2.48. The molecule has 2 rings (SSSR count). The number of carbonyl (C=O) groups excluding carboxylic acids is 2. The second kappa shape index (κ2) is 9.45. The van der Waals surface area contributed by atoms with Gasteiger partial charge < -0.3 is 15.7 Å². The number of hydrogen-bond acceptors (Lipinski definition) is 5. The molecule has 0 saturated carbocycles. The van der Waals surface area contributed by atoms with Crippen LogP contribution in [0, 0.1) is 5.92 Å². The van der Waals surface area contributed by atoms with E-state index >= 15 is 0 Å². The standard InChI is InChI=1S/C19H22N4O5/c1-12(2)10-15(19(27)28)21-16(24)11-20-18(26)14-8-9-17(25)23(22-14)13-6-4-3-5-7-13/h3-9,12,15H,10-11H2,1-2H3,(H,20,26)(H,21,24)(H,27,28)/t15-/m0/s1. The highest BCUT2D eigenvalue weighted by molar-refractivity contribution is 5.95. The SMILES string of the molecule is CC(C)C[C@H](NC(=O)CNC(=O)c1ccc(=O)n(-c2ccccc2)n1)C(=O)O. The van der Waals surface area contributed by atoms with E-state index in [0.717, 1.165) is 4.68 Å². The molecule has 0 bridgehead atoms. The highest BCUT2D eigenvalue weighted by atomic mass is 16.4. The topological polar surface area (TPSA) is 130 Å². The van der Waals surface area contributed by atoms with Crippen LogP contribution >= 0.6 is 0 Å². The average Bonchev–Trinajstić information content (AvgIpc) is 2.66. The predicted molar refractivity (Wildman–Crippen MR) is 101 cm³/mol. The first kappa shape index (κ1) is 20.8. The van der Waals surface area contributed by atoms with Crippen LogP contribution in [0.25, 0.3) is 5.69 Å². The number of rotatable bonds is 8. The van der Waals surface area contributed by atoms with Crippen LogP contribution < -0.4 is 16.2 Å². The number of carboxylic acid groups (broad SMARTS) is 1. The van der Waals surface area contributed by atoms with Crippen LogP contribution in [0.15, 0.2) is 47.3 Å². The van der Waals surface area contributed by atoms with Crippen LogP contribution in [-0.4, -0.2) is 45.3 Å². The van der Waals surface area contributed by atoms with E-state index in [9.17, 15) is 19.2 Å². The van der Waals surface area contributed by atoms with Crippen molar-refractivity contribution in [3.05, 3.63) is 58.5 Å².